The third kappa shape index (κ3) is 4.15. The van der Waals surface area contributed by atoms with Crippen molar-refractivity contribution in [2.75, 3.05) is 25.0 Å². The molecule has 0 aliphatic carbocycles. The summed E-state index contributed by atoms with van der Waals surface area (Å²) in [6.07, 6.45) is 0.522. The second-order valence-electron chi connectivity index (χ2n) is 7.40. The van der Waals surface area contributed by atoms with Crippen molar-refractivity contribution >= 4 is 17.8 Å². The molecule has 12 heteroatoms. The minimum absolute atomic E-state index is 0.162. The average Bonchev–Trinajstić information content (AvgIpc) is 3.15. The Bertz CT molecular complexity index is 920. The van der Waals surface area contributed by atoms with Crippen molar-refractivity contribution in [3.8, 4) is 0 Å². The number of hydrogen-bond donors (Lipinski definition) is 4. The van der Waals surface area contributed by atoms with Gasteiger partial charge < -0.3 is 20.6 Å². The number of carbonyl (C=O) groups is 2. The summed E-state index contributed by atoms with van der Waals surface area (Å²) in [7, 11) is 0. The molecule has 1 unspecified atom stereocenters. The van der Waals surface area contributed by atoms with Gasteiger partial charge in [-0.2, -0.15) is 13.2 Å². The quantitative estimate of drug-likeness (QED) is 0.552. The first-order valence-corrected chi connectivity index (χ1v) is 9.71. The van der Waals surface area contributed by atoms with Crippen molar-refractivity contribution in [2.24, 2.45) is 0 Å². The number of amides is 3. The number of aromatic nitrogens is 1. The third-order valence-corrected chi connectivity index (χ3v) is 5.39. The largest absolute Gasteiger partial charge is 0.410 e. The predicted molar refractivity (Wildman–Crippen MR) is 103 cm³/mol. The molecule has 3 aliphatic heterocycles. The van der Waals surface area contributed by atoms with E-state index in [0.717, 1.165) is 0 Å². The number of halogens is 3. The standard InChI is InChI=1S/C19H21F3N6O3/c20-19(21,22)14(10-29)25-17(30)12-4-5-13-16(24-12)28(11-6-8-27(13)9-11)18(31)26-15-3-1-2-7-23-15/h1-5,7,11-12,14,24,29H,6,8-10H2,(H,25,30)(H,23,26,31)/t11-,12?,14+/m0/s1. The van der Waals surface area contributed by atoms with Gasteiger partial charge in [0.25, 0.3) is 0 Å². The number of dihydropyridines is 1. The van der Waals surface area contributed by atoms with Crippen LogP contribution in [0.25, 0.3) is 0 Å². The Labute approximate surface area is 175 Å². The van der Waals surface area contributed by atoms with Crippen LogP contribution in [-0.4, -0.2) is 75.8 Å². The monoisotopic (exact) mass is 438 g/mol. The van der Waals surface area contributed by atoms with Crippen molar-refractivity contribution in [1.82, 2.24) is 25.4 Å². The first-order chi connectivity index (χ1) is 14.8. The number of aliphatic hydroxyl groups is 1. The van der Waals surface area contributed by atoms with E-state index in [2.05, 4.69) is 20.5 Å². The molecule has 0 saturated carbocycles. The molecule has 1 aromatic heterocycles. The Morgan fingerprint density at radius 2 is 2.16 bits per heavy atom. The van der Waals surface area contributed by atoms with E-state index in [0.29, 0.717) is 36.8 Å². The summed E-state index contributed by atoms with van der Waals surface area (Å²) in [6, 6.07) is 0.937. The van der Waals surface area contributed by atoms with Crippen molar-refractivity contribution in [1.29, 1.82) is 0 Å². The number of alkyl halides is 3. The minimum Gasteiger partial charge on any atom is -0.394 e. The van der Waals surface area contributed by atoms with E-state index in [1.807, 2.05) is 0 Å². The fourth-order valence-electron chi connectivity index (χ4n) is 3.86. The highest BCUT2D eigenvalue weighted by molar-refractivity contribution is 5.91. The molecular formula is C19H21F3N6O3. The lowest BCUT2D eigenvalue weighted by atomic mass is 10.1. The summed E-state index contributed by atoms with van der Waals surface area (Å²) in [5.41, 5.74) is 0.684. The number of carbonyl (C=O) groups excluding carboxylic acids is 2. The zero-order chi connectivity index (χ0) is 22.2. The van der Waals surface area contributed by atoms with Gasteiger partial charge in [0.2, 0.25) is 5.91 Å². The molecule has 2 bridgehead atoms. The molecule has 0 radical (unpaired) electrons. The second-order valence-corrected chi connectivity index (χ2v) is 7.40. The fraction of sp³-hybridized carbons (Fsp3) is 0.421. The zero-order valence-corrected chi connectivity index (χ0v) is 16.3. The highest BCUT2D eigenvalue weighted by atomic mass is 19.4. The highest BCUT2D eigenvalue weighted by Crippen LogP contribution is 2.33. The molecule has 1 saturated heterocycles. The summed E-state index contributed by atoms with van der Waals surface area (Å²) < 4.78 is 38.7. The first-order valence-electron chi connectivity index (χ1n) is 9.71. The molecular weight excluding hydrogens is 417 g/mol. The first kappa shape index (κ1) is 21.0. The maximum atomic E-state index is 13.0. The van der Waals surface area contributed by atoms with Gasteiger partial charge in [-0.05, 0) is 24.6 Å². The van der Waals surface area contributed by atoms with Crippen LogP contribution in [0.2, 0.25) is 0 Å². The second kappa shape index (κ2) is 8.10. The molecule has 4 N–H and O–H groups in total. The van der Waals surface area contributed by atoms with Crippen LogP contribution in [0.3, 0.4) is 0 Å². The number of anilines is 1. The van der Waals surface area contributed by atoms with Crippen LogP contribution in [0.1, 0.15) is 6.42 Å². The molecule has 4 heterocycles. The molecule has 3 amide bonds. The van der Waals surface area contributed by atoms with Gasteiger partial charge in [-0.25, -0.2) is 9.78 Å². The van der Waals surface area contributed by atoms with E-state index in [4.69, 9.17) is 5.11 Å². The van der Waals surface area contributed by atoms with E-state index in [1.165, 1.54) is 17.2 Å². The number of pyridine rings is 1. The topological polar surface area (TPSA) is 110 Å². The third-order valence-electron chi connectivity index (χ3n) is 5.39. The molecule has 3 atom stereocenters. The van der Waals surface area contributed by atoms with Crippen LogP contribution in [-0.2, 0) is 4.79 Å². The van der Waals surface area contributed by atoms with Crippen molar-refractivity contribution in [3.63, 3.8) is 0 Å². The van der Waals surface area contributed by atoms with Crippen molar-refractivity contribution < 1.29 is 27.9 Å². The molecule has 166 valence electrons. The molecule has 1 fully saturated rings. The summed E-state index contributed by atoms with van der Waals surface area (Å²) in [4.78, 5) is 33.1. The van der Waals surface area contributed by atoms with Gasteiger partial charge >= 0.3 is 12.2 Å². The van der Waals surface area contributed by atoms with Crippen molar-refractivity contribution in [2.45, 2.75) is 30.7 Å². The fourth-order valence-corrected chi connectivity index (χ4v) is 3.86. The molecule has 9 nitrogen and oxygen atoms in total. The van der Waals surface area contributed by atoms with E-state index < -0.39 is 36.8 Å². The molecule has 31 heavy (non-hydrogen) atoms. The van der Waals surface area contributed by atoms with Crippen LogP contribution in [0.4, 0.5) is 23.8 Å². The van der Waals surface area contributed by atoms with Crippen LogP contribution < -0.4 is 16.0 Å². The van der Waals surface area contributed by atoms with Gasteiger partial charge in [0.05, 0.1) is 18.3 Å². The maximum Gasteiger partial charge on any atom is 0.410 e. The molecule has 4 rings (SSSR count). The number of nitrogens with zero attached hydrogens (tertiary/aromatic N) is 3. The van der Waals surface area contributed by atoms with Gasteiger partial charge in [0, 0.05) is 19.3 Å². The Morgan fingerprint density at radius 1 is 1.35 bits per heavy atom. The summed E-state index contributed by atoms with van der Waals surface area (Å²) in [5.74, 6) is -0.263. The van der Waals surface area contributed by atoms with Gasteiger partial charge in [0.15, 0.2) is 0 Å². The van der Waals surface area contributed by atoms with Crippen LogP contribution in [0.5, 0.6) is 0 Å². The van der Waals surface area contributed by atoms with Crippen molar-refractivity contribution in [3.05, 3.63) is 48.1 Å². The Morgan fingerprint density at radius 3 is 2.84 bits per heavy atom. The summed E-state index contributed by atoms with van der Waals surface area (Å²) in [5, 5.41) is 16.4. The normalized spacial score (nSPS) is 23.2. The predicted octanol–water partition coefficient (Wildman–Crippen LogP) is 0.740. The van der Waals surface area contributed by atoms with E-state index >= 15 is 0 Å². The Balaban J connectivity index is 1.53. The number of hydrogen-bond acceptors (Lipinski definition) is 6. The maximum absolute atomic E-state index is 13.0. The number of rotatable bonds is 4. The van der Waals surface area contributed by atoms with Crippen LogP contribution in [0.15, 0.2) is 48.1 Å². The highest BCUT2D eigenvalue weighted by Gasteiger charge is 2.44. The van der Waals surface area contributed by atoms with Gasteiger partial charge in [-0.1, -0.05) is 12.1 Å². The number of allylic oxidation sites excluding steroid dienone is 1. The van der Waals surface area contributed by atoms with E-state index in [-0.39, 0.29) is 6.04 Å². The van der Waals surface area contributed by atoms with Gasteiger partial charge in [-0.15, -0.1) is 0 Å². The lowest BCUT2D eigenvalue weighted by Gasteiger charge is -2.41. The van der Waals surface area contributed by atoms with Gasteiger partial charge in [-0.3, -0.25) is 15.0 Å². The number of urea groups is 1. The number of fused-ring (bicyclic) bond motifs is 3. The van der Waals surface area contributed by atoms with E-state index in [9.17, 15) is 22.8 Å². The van der Waals surface area contributed by atoms with Gasteiger partial charge in [0.1, 0.15) is 23.7 Å². The zero-order valence-electron chi connectivity index (χ0n) is 16.3. The summed E-state index contributed by atoms with van der Waals surface area (Å²) >= 11 is 0. The number of nitrogens with one attached hydrogen (secondary N) is 3. The van der Waals surface area contributed by atoms with Crippen LogP contribution >= 0.6 is 0 Å². The smallest absolute Gasteiger partial charge is 0.394 e. The molecule has 3 aliphatic rings. The minimum atomic E-state index is -4.78. The molecule has 0 spiro atoms. The lowest BCUT2D eigenvalue weighted by molar-refractivity contribution is -0.168. The summed E-state index contributed by atoms with van der Waals surface area (Å²) in [6.45, 7) is 0.0481. The lowest BCUT2D eigenvalue weighted by Crippen LogP contribution is -2.58. The van der Waals surface area contributed by atoms with E-state index in [1.54, 1.807) is 29.6 Å². The van der Waals surface area contributed by atoms with Crippen LogP contribution in [0, 0.1) is 0 Å². The Hall–Kier alpha value is -3.28. The SMILES string of the molecule is O=C(N[C@H](CO)C(F)(F)F)C1C=CC2=C(N1)N(C(=O)Nc1ccccn1)[C@H]1CCN2C1. The molecule has 1 aromatic rings. The number of aliphatic hydroxyl groups excluding tert-OH is 1. The Kier molecular flexibility index (Phi) is 5.48. The average molecular weight is 438 g/mol. The molecule has 0 aromatic carbocycles.